The monoisotopic (exact) mass is 322 g/mol. The number of rotatable bonds is 1. The topological polar surface area (TPSA) is 92.9 Å². The molecule has 6 heteroatoms. The molecule has 0 atom stereocenters. The van der Waals surface area contributed by atoms with Crippen LogP contribution in [0.25, 0.3) is 10.9 Å². The molecule has 2 aliphatic rings. The second kappa shape index (κ2) is 5.47. The Hall–Kier alpha value is -2.63. The fourth-order valence-electron chi connectivity index (χ4n) is 3.96. The third-order valence-corrected chi connectivity index (χ3v) is 5.02. The zero-order valence-corrected chi connectivity index (χ0v) is 13.9. The minimum absolute atomic E-state index is 0.275. The van der Waals surface area contributed by atoms with E-state index in [-0.39, 0.29) is 5.96 Å². The van der Waals surface area contributed by atoms with E-state index in [1.165, 1.54) is 6.42 Å². The predicted octanol–water partition coefficient (Wildman–Crippen LogP) is 2.65. The lowest BCUT2D eigenvalue weighted by Gasteiger charge is -2.46. The van der Waals surface area contributed by atoms with Crippen LogP contribution in [-0.2, 0) is 0 Å². The van der Waals surface area contributed by atoms with Crippen molar-refractivity contribution in [1.82, 2.24) is 4.98 Å². The van der Waals surface area contributed by atoms with Gasteiger partial charge in [-0.1, -0.05) is 24.6 Å². The second-order valence-corrected chi connectivity index (χ2v) is 6.62. The van der Waals surface area contributed by atoms with Gasteiger partial charge in [0.1, 0.15) is 5.66 Å². The Bertz CT molecular complexity index is 848. The molecule has 4 N–H and O–H groups in total. The molecule has 1 fully saturated rings. The van der Waals surface area contributed by atoms with E-state index in [9.17, 15) is 0 Å². The fraction of sp³-hybridized carbons (Fsp3) is 0.389. The van der Waals surface area contributed by atoms with E-state index in [1.54, 1.807) is 0 Å². The summed E-state index contributed by atoms with van der Waals surface area (Å²) in [5, 5.41) is 1.08. The Kier molecular flexibility index (Phi) is 3.40. The van der Waals surface area contributed by atoms with E-state index in [2.05, 4.69) is 40.0 Å². The van der Waals surface area contributed by atoms with Crippen molar-refractivity contribution >= 4 is 28.5 Å². The van der Waals surface area contributed by atoms with Crippen molar-refractivity contribution in [3.8, 4) is 0 Å². The lowest BCUT2D eigenvalue weighted by molar-refractivity contribution is 0.305. The quantitative estimate of drug-likeness (QED) is 0.844. The number of nitrogens with two attached hydrogens (primary N) is 2. The largest absolute Gasteiger partial charge is 0.369 e. The number of hydrogen-bond acceptors (Lipinski definition) is 6. The van der Waals surface area contributed by atoms with Crippen molar-refractivity contribution in [1.29, 1.82) is 0 Å². The highest BCUT2D eigenvalue weighted by atomic mass is 15.4. The van der Waals surface area contributed by atoms with Crippen LogP contribution >= 0.6 is 0 Å². The minimum atomic E-state index is -0.440. The summed E-state index contributed by atoms with van der Waals surface area (Å²) >= 11 is 0. The number of aromatic nitrogens is 1. The molecule has 1 aliphatic heterocycles. The van der Waals surface area contributed by atoms with E-state index in [4.69, 9.17) is 16.5 Å². The average molecular weight is 322 g/mol. The molecule has 1 saturated carbocycles. The summed E-state index contributed by atoms with van der Waals surface area (Å²) in [5.41, 5.74) is 14.9. The molecule has 1 aliphatic carbocycles. The van der Waals surface area contributed by atoms with Crippen molar-refractivity contribution in [3.05, 3.63) is 36.0 Å². The summed E-state index contributed by atoms with van der Waals surface area (Å²) in [5.74, 6) is 0.683. The minimum Gasteiger partial charge on any atom is -0.369 e. The van der Waals surface area contributed by atoms with Crippen molar-refractivity contribution in [3.63, 3.8) is 0 Å². The molecule has 2 heterocycles. The van der Waals surface area contributed by atoms with Gasteiger partial charge in [-0.3, -0.25) is 9.88 Å². The molecule has 0 unspecified atom stereocenters. The van der Waals surface area contributed by atoms with Gasteiger partial charge in [-0.2, -0.15) is 4.99 Å². The number of hydrogen-bond donors (Lipinski definition) is 2. The molecule has 2 aromatic rings. The van der Waals surface area contributed by atoms with Gasteiger partial charge in [0.15, 0.2) is 0 Å². The number of guanidine groups is 2. The van der Waals surface area contributed by atoms with Gasteiger partial charge in [0, 0.05) is 11.6 Å². The Morgan fingerprint density at radius 1 is 1.08 bits per heavy atom. The smallest absolute Gasteiger partial charge is 0.220 e. The molecule has 6 nitrogen and oxygen atoms in total. The molecule has 1 aromatic carbocycles. The second-order valence-electron chi connectivity index (χ2n) is 6.62. The van der Waals surface area contributed by atoms with Gasteiger partial charge in [0.2, 0.25) is 11.9 Å². The summed E-state index contributed by atoms with van der Waals surface area (Å²) in [4.78, 5) is 15.7. The van der Waals surface area contributed by atoms with Crippen LogP contribution in [0.1, 0.15) is 37.7 Å². The van der Waals surface area contributed by atoms with E-state index >= 15 is 0 Å². The van der Waals surface area contributed by atoms with Crippen molar-refractivity contribution < 1.29 is 0 Å². The molecular formula is C18H22N6. The van der Waals surface area contributed by atoms with Crippen LogP contribution in [0.15, 0.2) is 40.4 Å². The SMILES string of the molecule is Cc1ccc2cccnc2c1N1C(N)=NC(N)=NC12CCCCC2. The van der Waals surface area contributed by atoms with E-state index in [0.717, 1.165) is 47.8 Å². The number of aliphatic imine (C=N–C) groups is 2. The van der Waals surface area contributed by atoms with Crippen LogP contribution in [0.5, 0.6) is 0 Å². The van der Waals surface area contributed by atoms with E-state index in [1.807, 2.05) is 12.3 Å². The zero-order chi connectivity index (χ0) is 16.7. The van der Waals surface area contributed by atoms with Gasteiger partial charge in [-0.15, -0.1) is 0 Å². The van der Waals surface area contributed by atoms with Crippen LogP contribution in [0.3, 0.4) is 0 Å². The lowest BCUT2D eigenvalue weighted by atomic mass is 9.86. The molecule has 1 spiro atoms. The molecular weight excluding hydrogens is 300 g/mol. The summed E-state index contributed by atoms with van der Waals surface area (Å²) in [6, 6.07) is 8.20. The van der Waals surface area contributed by atoms with Gasteiger partial charge in [0.25, 0.3) is 0 Å². The van der Waals surface area contributed by atoms with Crippen molar-refractivity contribution in [2.75, 3.05) is 4.90 Å². The highest BCUT2D eigenvalue weighted by molar-refractivity contribution is 6.10. The Balaban J connectivity index is 1.97. The average Bonchev–Trinajstić information content (AvgIpc) is 2.57. The van der Waals surface area contributed by atoms with Gasteiger partial charge < -0.3 is 11.5 Å². The maximum atomic E-state index is 6.35. The number of nitrogens with zero attached hydrogens (tertiary/aromatic N) is 4. The van der Waals surface area contributed by atoms with Gasteiger partial charge in [-0.25, -0.2) is 4.99 Å². The molecule has 24 heavy (non-hydrogen) atoms. The highest BCUT2D eigenvalue weighted by Crippen LogP contribution is 2.42. The van der Waals surface area contributed by atoms with Crippen LogP contribution in [0.4, 0.5) is 5.69 Å². The molecule has 0 bridgehead atoms. The van der Waals surface area contributed by atoms with E-state index < -0.39 is 5.66 Å². The number of anilines is 1. The number of fused-ring (bicyclic) bond motifs is 1. The van der Waals surface area contributed by atoms with Crippen molar-refractivity contribution in [2.45, 2.75) is 44.7 Å². The normalized spacial score (nSPS) is 20.1. The Morgan fingerprint density at radius 3 is 2.67 bits per heavy atom. The molecule has 4 rings (SSSR count). The molecule has 124 valence electrons. The first-order valence-electron chi connectivity index (χ1n) is 8.45. The van der Waals surface area contributed by atoms with Crippen LogP contribution < -0.4 is 16.4 Å². The first-order chi connectivity index (χ1) is 11.6. The molecule has 0 saturated heterocycles. The predicted molar refractivity (Wildman–Crippen MR) is 98.0 cm³/mol. The first-order valence-corrected chi connectivity index (χ1v) is 8.45. The van der Waals surface area contributed by atoms with Gasteiger partial charge in [-0.05, 0) is 44.2 Å². The summed E-state index contributed by atoms with van der Waals surface area (Å²) in [7, 11) is 0. The Morgan fingerprint density at radius 2 is 1.88 bits per heavy atom. The standard InChI is InChI=1S/C18H22N6/c1-12-7-8-13-6-5-11-21-14(13)15(12)24-17(20)22-16(19)23-18(24)9-3-2-4-10-18/h5-8,11H,2-4,9-10H2,1H3,(H4,19,20,22,23). The summed E-state index contributed by atoms with van der Waals surface area (Å²) in [6.07, 6.45) is 7.09. The third kappa shape index (κ3) is 2.21. The summed E-state index contributed by atoms with van der Waals surface area (Å²) < 4.78 is 0. The third-order valence-electron chi connectivity index (χ3n) is 5.02. The van der Waals surface area contributed by atoms with Gasteiger partial charge >= 0.3 is 0 Å². The number of pyridine rings is 1. The summed E-state index contributed by atoms with van der Waals surface area (Å²) in [6.45, 7) is 2.08. The number of benzene rings is 1. The highest BCUT2D eigenvalue weighted by Gasteiger charge is 2.43. The molecule has 0 amide bonds. The van der Waals surface area contributed by atoms with Crippen LogP contribution in [0.2, 0.25) is 0 Å². The molecule has 1 aromatic heterocycles. The maximum absolute atomic E-state index is 6.35. The van der Waals surface area contributed by atoms with E-state index in [0.29, 0.717) is 5.96 Å². The van der Waals surface area contributed by atoms with Crippen molar-refractivity contribution in [2.24, 2.45) is 21.5 Å². The Labute approximate surface area is 141 Å². The number of aryl methyl sites for hydroxylation is 1. The zero-order valence-electron chi connectivity index (χ0n) is 13.9. The molecule has 0 radical (unpaired) electrons. The lowest BCUT2D eigenvalue weighted by Crippen LogP contribution is -2.58. The fourth-order valence-corrected chi connectivity index (χ4v) is 3.96. The van der Waals surface area contributed by atoms with Crippen LogP contribution in [-0.4, -0.2) is 22.6 Å². The van der Waals surface area contributed by atoms with Crippen LogP contribution in [0, 0.1) is 6.92 Å². The first kappa shape index (κ1) is 14.9. The maximum Gasteiger partial charge on any atom is 0.220 e. The van der Waals surface area contributed by atoms with Gasteiger partial charge in [0.05, 0.1) is 11.2 Å².